The summed E-state index contributed by atoms with van der Waals surface area (Å²) >= 11 is 5.94. The highest BCUT2D eigenvalue weighted by molar-refractivity contribution is 6.30. The number of halogens is 1. The molecule has 2 aromatic rings. The van der Waals surface area contributed by atoms with Gasteiger partial charge in [0.15, 0.2) is 5.82 Å². The van der Waals surface area contributed by atoms with Crippen LogP contribution in [0.5, 0.6) is 0 Å². The summed E-state index contributed by atoms with van der Waals surface area (Å²) < 4.78 is 0. The van der Waals surface area contributed by atoms with Crippen molar-refractivity contribution in [3.8, 4) is 0 Å². The van der Waals surface area contributed by atoms with Crippen molar-refractivity contribution in [2.45, 2.75) is 33.2 Å². The Kier molecular flexibility index (Phi) is 4.74. The van der Waals surface area contributed by atoms with Gasteiger partial charge in [-0.3, -0.25) is 0 Å². The molecule has 1 aromatic heterocycles. The van der Waals surface area contributed by atoms with Crippen molar-refractivity contribution in [3.63, 3.8) is 0 Å². The third-order valence-corrected chi connectivity index (χ3v) is 3.23. The fourth-order valence-electron chi connectivity index (χ4n) is 1.65. The molecule has 20 heavy (non-hydrogen) atoms. The number of hydrogen-bond acceptors (Lipinski definition) is 5. The fourth-order valence-corrected chi connectivity index (χ4v) is 1.88. The SMILES string of the molecule is CCC(C)Nc1nncc(Nc2ccc(Cl)cc2C)n1. The minimum Gasteiger partial charge on any atom is -0.350 e. The molecular weight excluding hydrogens is 274 g/mol. The molecule has 0 bridgehead atoms. The van der Waals surface area contributed by atoms with Crippen LogP contribution in [0.2, 0.25) is 5.02 Å². The molecule has 1 heterocycles. The van der Waals surface area contributed by atoms with Crippen LogP contribution in [-0.4, -0.2) is 21.2 Å². The summed E-state index contributed by atoms with van der Waals surface area (Å²) in [6.07, 6.45) is 2.59. The van der Waals surface area contributed by atoms with Crippen LogP contribution in [-0.2, 0) is 0 Å². The molecule has 2 rings (SSSR count). The first-order chi connectivity index (χ1) is 9.58. The Labute approximate surface area is 123 Å². The third kappa shape index (κ3) is 3.81. The van der Waals surface area contributed by atoms with E-state index in [2.05, 4.69) is 39.7 Å². The van der Waals surface area contributed by atoms with Gasteiger partial charge in [0.05, 0.1) is 6.20 Å². The van der Waals surface area contributed by atoms with Crippen molar-refractivity contribution in [3.05, 3.63) is 35.0 Å². The minimum absolute atomic E-state index is 0.310. The smallest absolute Gasteiger partial charge is 0.244 e. The molecule has 2 N–H and O–H groups in total. The number of benzene rings is 1. The predicted octanol–water partition coefficient (Wildman–Crippen LogP) is 3.79. The lowest BCUT2D eigenvalue weighted by Gasteiger charge is -2.12. The monoisotopic (exact) mass is 291 g/mol. The zero-order chi connectivity index (χ0) is 14.5. The number of hydrogen-bond donors (Lipinski definition) is 2. The Balaban J connectivity index is 2.15. The lowest BCUT2D eigenvalue weighted by Crippen LogP contribution is -2.16. The molecule has 1 aromatic carbocycles. The summed E-state index contributed by atoms with van der Waals surface area (Å²) in [6, 6.07) is 5.96. The number of nitrogens with zero attached hydrogens (tertiary/aromatic N) is 3. The van der Waals surface area contributed by atoms with E-state index < -0.39 is 0 Å². The largest absolute Gasteiger partial charge is 0.350 e. The summed E-state index contributed by atoms with van der Waals surface area (Å²) in [5.41, 5.74) is 2.00. The first-order valence-corrected chi connectivity index (χ1v) is 6.95. The van der Waals surface area contributed by atoms with Gasteiger partial charge >= 0.3 is 0 Å². The summed E-state index contributed by atoms with van der Waals surface area (Å²) in [4.78, 5) is 4.39. The predicted molar refractivity (Wildman–Crippen MR) is 82.7 cm³/mol. The summed E-state index contributed by atoms with van der Waals surface area (Å²) in [5, 5.41) is 15.1. The van der Waals surface area contributed by atoms with E-state index in [1.54, 1.807) is 6.20 Å². The van der Waals surface area contributed by atoms with Gasteiger partial charge in [-0.1, -0.05) is 18.5 Å². The third-order valence-electron chi connectivity index (χ3n) is 3.00. The molecule has 0 saturated heterocycles. The van der Waals surface area contributed by atoms with Gasteiger partial charge in [-0.2, -0.15) is 10.1 Å². The molecule has 5 nitrogen and oxygen atoms in total. The van der Waals surface area contributed by atoms with E-state index in [9.17, 15) is 0 Å². The molecule has 1 atom stereocenters. The van der Waals surface area contributed by atoms with Gasteiger partial charge in [0.25, 0.3) is 0 Å². The van der Waals surface area contributed by atoms with E-state index in [-0.39, 0.29) is 0 Å². The Morgan fingerprint density at radius 3 is 2.85 bits per heavy atom. The van der Waals surface area contributed by atoms with Crippen molar-refractivity contribution >= 4 is 29.1 Å². The summed E-state index contributed by atoms with van der Waals surface area (Å²) in [7, 11) is 0. The second kappa shape index (κ2) is 6.52. The molecule has 106 valence electrons. The Morgan fingerprint density at radius 2 is 2.15 bits per heavy atom. The van der Waals surface area contributed by atoms with Crippen LogP contribution in [0.3, 0.4) is 0 Å². The van der Waals surface area contributed by atoms with Crippen molar-refractivity contribution in [2.24, 2.45) is 0 Å². The van der Waals surface area contributed by atoms with Crippen LogP contribution < -0.4 is 10.6 Å². The van der Waals surface area contributed by atoms with Crippen LogP contribution in [0.1, 0.15) is 25.8 Å². The second-order valence-corrected chi connectivity index (χ2v) is 5.14. The molecule has 0 aliphatic carbocycles. The van der Waals surface area contributed by atoms with E-state index in [4.69, 9.17) is 11.6 Å². The normalized spacial score (nSPS) is 12.0. The molecule has 0 spiro atoms. The average Bonchev–Trinajstić information content (AvgIpc) is 2.42. The lowest BCUT2D eigenvalue weighted by molar-refractivity contribution is 0.746. The van der Waals surface area contributed by atoms with Crippen molar-refractivity contribution in [1.29, 1.82) is 0 Å². The zero-order valence-electron chi connectivity index (χ0n) is 11.8. The van der Waals surface area contributed by atoms with Gasteiger partial charge in [0, 0.05) is 16.8 Å². The van der Waals surface area contributed by atoms with Crippen LogP contribution in [0.4, 0.5) is 17.5 Å². The first-order valence-electron chi connectivity index (χ1n) is 6.58. The highest BCUT2D eigenvalue weighted by Gasteiger charge is 2.05. The van der Waals surface area contributed by atoms with E-state index in [0.29, 0.717) is 22.8 Å². The van der Waals surface area contributed by atoms with Crippen LogP contribution in [0.25, 0.3) is 0 Å². The number of aromatic nitrogens is 3. The summed E-state index contributed by atoms with van der Waals surface area (Å²) in [5.74, 6) is 1.17. The topological polar surface area (TPSA) is 62.7 Å². The van der Waals surface area contributed by atoms with E-state index in [0.717, 1.165) is 17.7 Å². The number of rotatable bonds is 5. The number of nitrogens with one attached hydrogen (secondary N) is 2. The van der Waals surface area contributed by atoms with E-state index in [1.807, 2.05) is 25.1 Å². The maximum atomic E-state index is 5.94. The van der Waals surface area contributed by atoms with Gasteiger partial charge in [0.2, 0.25) is 5.95 Å². The maximum absolute atomic E-state index is 5.94. The molecule has 0 fully saturated rings. The fraction of sp³-hybridized carbons (Fsp3) is 0.357. The van der Waals surface area contributed by atoms with Crippen LogP contribution in [0, 0.1) is 6.92 Å². The molecule has 0 radical (unpaired) electrons. The number of aryl methyl sites for hydroxylation is 1. The average molecular weight is 292 g/mol. The zero-order valence-corrected chi connectivity index (χ0v) is 12.6. The first kappa shape index (κ1) is 14.5. The van der Waals surface area contributed by atoms with Gasteiger partial charge in [-0.25, -0.2) is 0 Å². The maximum Gasteiger partial charge on any atom is 0.244 e. The molecule has 0 saturated carbocycles. The molecule has 6 heteroatoms. The van der Waals surface area contributed by atoms with Crippen molar-refractivity contribution < 1.29 is 0 Å². The van der Waals surface area contributed by atoms with Crippen LogP contribution in [0.15, 0.2) is 24.4 Å². The molecule has 0 aliphatic rings. The molecule has 0 aliphatic heterocycles. The van der Waals surface area contributed by atoms with Crippen LogP contribution >= 0.6 is 11.6 Å². The molecular formula is C14H18ClN5. The second-order valence-electron chi connectivity index (χ2n) is 4.70. The Morgan fingerprint density at radius 1 is 1.35 bits per heavy atom. The Hall–Kier alpha value is -1.88. The Bertz CT molecular complexity index is 588. The van der Waals surface area contributed by atoms with E-state index >= 15 is 0 Å². The highest BCUT2D eigenvalue weighted by atomic mass is 35.5. The number of anilines is 3. The van der Waals surface area contributed by atoms with Gasteiger partial charge in [-0.05, 0) is 44.0 Å². The van der Waals surface area contributed by atoms with Gasteiger partial charge < -0.3 is 10.6 Å². The van der Waals surface area contributed by atoms with Crippen molar-refractivity contribution in [1.82, 2.24) is 15.2 Å². The summed E-state index contributed by atoms with van der Waals surface area (Å²) in [6.45, 7) is 6.16. The quantitative estimate of drug-likeness (QED) is 0.877. The standard InChI is InChI=1S/C14H18ClN5/c1-4-10(3)17-14-19-13(8-16-20-14)18-12-6-5-11(15)7-9(12)2/h5-8,10H,4H2,1-3H3,(H2,17,18,19,20). The molecule has 1 unspecified atom stereocenters. The van der Waals surface area contributed by atoms with Gasteiger partial charge in [-0.15, -0.1) is 5.10 Å². The van der Waals surface area contributed by atoms with E-state index in [1.165, 1.54) is 0 Å². The van der Waals surface area contributed by atoms with Gasteiger partial charge in [0.1, 0.15) is 0 Å². The van der Waals surface area contributed by atoms with Crippen molar-refractivity contribution in [2.75, 3.05) is 10.6 Å². The lowest BCUT2D eigenvalue weighted by atomic mass is 10.2. The molecule has 0 amide bonds. The highest BCUT2D eigenvalue weighted by Crippen LogP contribution is 2.22. The minimum atomic E-state index is 0.310.